The summed E-state index contributed by atoms with van der Waals surface area (Å²) in [5, 5.41) is 26.2. The van der Waals surface area contributed by atoms with Crippen LogP contribution in [0.25, 0.3) is 0 Å². The summed E-state index contributed by atoms with van der Waals surface area (Å²) >= 11 is 0. The lowest BCUT2D eigenvalue weighted by Gasteiger charge is -2.05. The zero-order valence-corrected chi connectivity index (χ0v) is 15.3. The molecule has 0 fully saturated rings. The van der Waals surface area contributed by atoms with Gasteiger partial charge in [0.2, 0.25) is 5.69 Å². The third-order valence-corrected chi connectivity index (χ3v) is 4.26. The molecule has 0 bridgehead atoms. The molecule has 27 heavy (non-hydrogen) atoms. The second kappa shape index (κ2) is 7.40. The zero-order valence-electron chi connectivity index (χ0n) is 15.3. The smallest absolute Gasteiger partial charge is 0.318 e. The summed E-state index contributed by atoms with van der Waals surface area (Å²) in [5.41, 5.74) is 2.11. The van der Waals surface area contributed by atoms with E-state index in [0.29, 0.717) is 18.8 Å². The summed E-state index contributed by atoms with van der Waals surface area (Å²) < 4.78 is 4.86. The highest BCUT2D eigenvalue weighted by atomic mass is 16.6. The number of carbonyl (C=O) groups is 1. The average molecular weight is 372 g/mol. The maximum absolute atomic E-state index is 12.5. The van der Waals surface area contributed by atoms with Gasteiger partial charge in [-0.3, -0.25) is 29.0 Å². The van der Waals surface area contributed by atoms with Crippen LogP contribution < -0.4 is 5.32 Å². The Kier molecular flexibility index (Phi) is 5.01. The molecule has 0 atom stereocenters. The molecule has 3 aromatic rings. The van der Waals surface area contributed by atoms with Crippen LogP contribution >= 0.6 is 0 Å². The van der Waals surface area contributed by atoms with Crippen molar-refractivity contribution in [3.63, 3.8) is 0 Å². The van der Waals surface area contributed by atoms with Crippen molar-refractivity contribution >= 4 is 17.3 Å². The Morgan fingerprint density at radius 1 is 1.15 bits per heavy atom. The first-order chi connectivity index (χ1) is 12.9. The van der Waals surface area contributed by atoms with Crippen molar-refractivity contribution in [3.05, 3.63) is 51.9 Å². The highest BCUT2D eigenvalue weighted by molar-refractivity contribution is 6.05. The van der Waals surface area contributed by atoms with E-state index in [-0.39, 0.29) is 11.4 Å². The number of nitrogens with one attached hydrogen (secondary N) is 1. The summed E-state index contributed by atoms with van der Waals surface area (Å²) in [5.74, 6) is -0.601. The number of rotatable bonds is 7. The van der Waals surface area contributed by atoms with Crippen LogP contribution in [0.5, 0.6) is 0 Å². The molecule has 0 aromatic carbocycles. The number of nitro groups is 1. The molecule has 0 spiro atoms. The predicted octanol–water partition coefficient (Wildman–Crippen LogP) is 1.83. The average Bonchev–Trinajstić information content (AvgIpc) is 3.34. The molecule has 1 amide bonds. The number of hydrogen-bond donors (Lipinski definition) is 1. The third-order valence-electron chi connectivity index (χ3n) is 4.26. The van der Waals surface area contributed by atoms with Gasteiger partial charge in [0, 0.05) is 30.5 Å². The summed E-state index contributed by atoms with van der Waals surface area (Å²) in [6, 6.07) is 0. The van der Waals surface area contributed by atoms with E-state index in [1.54, 1.807) is 24.0 Å². The Morgan fingerprint density at radius 2 is 1.85 bits per heavy atom. The summed E-state index contributed by atoms with van der Waals surface area (Å²) in [6.45, 7) is 7.40. The van der Waals surface area contributed by atoms with E-state index in [9.17, 15) is 14.9 Å². The van der Waals surface area contributed by atoms with E-state index in [1.165, 1.54) is 10.9 Å². The molecule has 1 N–H and O–H groups in total. The number of hydrogen-bond acceptors (Lipinski definition) is 6. The minimum absolute atomic E-state index is 0.0877. The largest absolute Gasteiger partial charge is 0.320 e. The maximum Gasteiger partial charge on any atom is 0.320 e. The molecular weight excluding hydrogens is 352 g/mol. The van der Waals surface area contributed by atoms with Crippen LogP contribution in [0, 0.1) is 17.0 Å². The van der Waals surface area contributed by atoms with Gasteiger partial charge in [-0.15, -0.1) is 0 Å². The van der Waals surface area contributed by atoms with Gasteiger partial charge < -0.3 is 5.32 Å². The van der Waals surface area contributed by atoms with Crippen LogP contribution in [0.3, 0.4) is 0 Å². The fourth-order valence-electron chi connectivity index (χ4n) is 2.82. The molecule has 3 rings (SSSR count). The molecule has 142 valence electrons. The first-order valence-electron chi connectivity index (χ1n) is 8.49. The van der Waals surface area contributed by atoms with Crippen LogP contribution in [0.2, 0.25) is 0 Å². The Morgan fingerprint density at radius 3 is 2.48 bits per heavy atom. The van der Waals surface area contributed by atoms with Crippen LogP contribution in [0.4, 0.5) is 11.4 Å². The fraction of sp³-hybridized carbons (Fsp3) is 0.375. The van der Waals surface area contributed by atoms with E-state index >= 15 is 0 Å². The van der Waals surface area contributed by atoms with Gasteiger partial charge >= 0.3 is 5.69 Å². The van der Waals surface area contributed by atoms with Gasteiger partial charge in [0.25, 0.3) is 5.91 Å². The lowest BCUT2D eigenvalue weighted by molar-refractivity contribution is -0.385. The minimum atomic E-state index is -0.619. The van der Waals surface area contributed by atoms with Crippen molar-refractivity contribution in [1.29, 1.82) is 0 Å². The predicted molar refractivity (Wildman–Crippen MR) is 96.5 cm³/mol. The van der Waals surface area contributed by atoms with Crippen LogP contribution in [-0.2, 0) is 19.6 Å². The molecule has 0 saturated heterocycles. The van der Waals surface area contributed by atoms with E-state index in [1.807, 2.05) is 18.5 Å². The maximum atomic E-state index is 12.5. The second-order valence-corrected chi connectivity index (χ2v) is 5.90. The molecule has 0 saturated carbocycles. The molecule has 3 aromatic heterocycles. The zero-order chi connectivity index (χ0) is 19.6. The van der Waals surface area contributed by atoms with Crippen LogP contribution in [-0.4, -0.2) is 40.2 Å². The Bertz CT molecular complexity index is 984. The van der Waals surface area contributed by atoms with Crippen LogP contribution in [0.1, 0.15) is 35.6 Å². The highest BCUT2D eigenvalue weighted by Crippen LogP contribution is 2.20. The van der Waals surface area contributed by atoms with Crippen molar-refractivity contribution in [3.8, 4) is 0 Å². The first kappa shape index (κ1) is 18.3. The Balaban J connectivity index is 1.76. The van der Waals surface area contributed by atoms with Crippen molar-refractivity contribution in [2.75, 3.05) is 5.32 Å². The van der Waals surface area contributed by atoms with Gasteiger partial charge in [-0.2, -0.15) is 15.3 Å². The number of amides is 1. The summed E-state index contributed by atoms with van der Waals surface area (Å²) in [7, 11) is 0. The van der Waals surface area contributed by atoms with Gasteiger partial charge in [0.15, 0.2) is 0 Å². The fourth-order valence-corrected chi connectivity index (χ4v) is 2.82. The molecular formula is C16H20N8O3. The lowest BCUT2D eigenvalue weighted by atomic mass is 10.2. The molecule has 0 aliphatic carbocycles. The van der Waals surface area contributed by atoms with Crippen molar-refractivity contribution < 1.29 is 9.72 Å². The lowest BCUT2D eigenvalue weighted by Crippen LogP contribution is -2.18. The van der Waals surface area contributed by atoms with E-state index in [4.69, 9.17) is 0 Å². The quantitative estimate of drug-likeness (QED) is 0.498. The monoisotopic (exact) mass is 372 g/mol. The Hall–Kier alpha value is -3.50. The minimum Gasteiger partial charge on any atom is -0.318 e. The molecule has 0 radical (unpaired) electrons. The van der Waals surface area contributed by atoms with Gasteiger partial charge in [0.05, 0.1) is 29.5 Å². The van der Waals surface area contributed by atoms with Crippen molar-refractivity contribution in [1.82, 2.24) is 29.3 Å². The number of carbonyl (C=O) groups excluding carboxylic acids is 1. The molecule has 0 aliphatic heterocycles. The number of nitrogens with zero attached hydrogens (tertiary/aromatic N) is 7. The van der Waals surface area contributed by atoms with Gasteiger partial charge in [-0.1, -0.05) is 0 Å². The molecule has 11 heteroatoms. The SMILES string of the molecule is CCn1ncc(Cn2cc(NC(=O)c3c([N+](=O)[O-])cnn3CC)cn2)c1C. The van der Waals surface area contributed by atoms with Crippen LogP contribution in [0.15, 0.2) is 24.8 Å². The highest BCUT2D eigenvalue weighted by Gasteiger charge is 2.26. The number of aryl methyl sites for hydroxylation is 2. The standard InChI is InChI=1S/C16H20N8O3/c1-4-22-11(3)12(6-18-22)9-21-10-13(7-17-21)20-16(25)15-14(24(26)27)8-19-23(15)5-2/h6-8,10H,4-5,9H2,1-3H3,(H,20,25). The first-order valence-corrected chi connectivity index (χ1v) is 8.49. The third kappa shape index (κ3) is 3.57. The summed E-state index contributed by atoms with van der Waals surface area (Å²) in [6.07, 6.45) is 6.03. The molecule has 3 heterocycles. The Labute approximate surface area is 154 Å². The van der Waals surface area contributed by atoms with Gasteiger partial charge in [-0.05, 0) is 20.8 Å². The molecule has 0 unspecified atom stereocenters. The number of anilines is 1. The molecule has 11 nitrogen and oxygen atoms in total. The topological polar surface area (TPSA) is 126 Å². The number of aromatic nitrogens is 6. The molecule has 0 aliphatic rings. The van der Waals surface area contributed by atoms with Gasteiger partial charge in [-0.25, -0.2) is 0 Å². The van der Waals surface area contributed by atoms with E-state index in [2.05, 4.69) is 20.6 Å². The van der Waals surface area contributed by atoms with E-state index in [0.717, 1.165) is 24.0 Å². The van der Waals surface area contributed by atoms with E-state index < -0.39 is 10.8 Å². The van der Waals surface area contributed by atoms with Gasteiger partial charge in [0.1, 0.15) is 6.20 Å². The van der Waals surface area contributed by atoms with Crippen molar-refractivity contribution in [2.45, 2.75) is 40.4 Å². The van der Waals surface area contributed by atoms with Crippen molar-refractivity contribution in [2.24, 2.45) is 0 Å². The summed E-state index contributed by atoms with van der Waals surface area (Å²) in [4.78, 5) is 23.0. The second-order valence-electron chi connectivity index (χ2n) is 5.90. The normalized spacial score (nSPS) is 10.9.